The molecule has 0 aliphatic rings. The van der Waals surface area contributed by atoms with E-state index in [1.165, 1.54) is 11.8 Å². The fraction of sp³-hybridized carbons (Fsp3) is 0.444. The number of benzene rings is 1. The predicted molar refractivity (Wildman–Crippen MR) is 108 cm³/mol. The number of nitrogens with zero attached hydrogens (tertiary/aromatic N) is 4. The van der Waals surface area contributed by atoms with Crippen molar-refractivity contribution in [3.05, 3.63) is 35.7 Å². The molecule has 7 nitrogen and oxygen atoms in total. The van der Waals surface area contributed by atoms with Crippen molar-refractivity contribution in [3.8, 4) is 0 Å². The molecule has 8 heteroatoms. The van der Waals surface area contributed by atoms with Crippen LogP contribution in [0.5, 0.6) is 0 Å². The molecule has 1 aromatic carbocycles. The number of nitrogen functional groups attached to an aromatic ring is 1. The van der Waals surface area contributed by atoms with Crippen LogP contribution in [0.3, 0.4) is 0 Å². The molecule has 0 saturated heterocycles. The molecule has 0 saturated carbocycles. The van der Waals surface area contributed by atoms with Crippen LogP contribution in [-0.4, -0.2) is 40.2 Å². The SMILES string of the molecule is CC(SCc1nc(N)nc(N(C)C)n1)C(=O)Nc1ccccc1C(C)C. The number of nitrogens with one attached hydrogen (secondary N) is 1. The summed E-state index contributed by atoms with van der Waals surface area (Å²) in [6, 6.07) is 7.88. The van der Waals surface area contributed by atoms with Crippen LogP contribution >= 0.6 is 11.8 Å². The number of hydrogen-bond donors (Lipinski definition) is 2. The van der Waals surface area contributed by atoms with Crippen molar-refractivity contribution < 1.29 is 4.79 Å². The van der Waals surface area contributed by atoms with Crippen molar-refractivity contribution in [2.45, 2.75) is 37.7 Å². The molecule has 1 heterocycles. The lowest BCUT2D eigenvalue weighted by molar-refractivity contribution is -0.115. The number of nitrogens with two attached hydrogens (primary N) is 1. The van der Waals surface area contributed by atoms with Gasteiger partial charge in [0.2, 0.25) is 17.8 Å². The lowest BCUT2D eigenvalue weighted by Gasteiger charge is -2.16. The van der Waals surface area contributed by atoms with Gasteiger partial charge in [-0.15, -0.1) is 11.8 Å². The molecule has 1 amide bonds. The van der Waals surface area contributed by atoms with Crippen molar-refractivity contribution in [1.82, 2.24) is 15.0 Å². The number of anilines is 3. The molecular weight excluding hydrogens is 348 g/mol. The van der Waals surface area contributed by atoms with Crippen LogP contribution in [0.4, 0.5) is 17.6 Å². The van der Waals surface area contributed by atoms with E-state index in [-0.39, 0.29) is 17.1 Å². The van der Waals surface area contributed by atoms with E-state index in [0.717, 1.165) is 11.3 Å². The Kier molecular flexibility index (Phi) is 6.79. The number of amides is 1. The van der Waals surface area contributed by atoms with Gasteiger partial charge in [-0.2, -0.15) is 15.0 Å². The number of para-hydroxylation sites is 1. The molecule has 0 bridgehead atoms. The molecule has 0 spiro atoms. The molecule has 1 atom stereocenters. The topological polar surface area (TPSA) is 97.0 Å². The fourth-order valence-electron chi connectivity index (χ4n) is 2.31. The minimum Gasteiger partial charge on any atom is -0.368 e. The first kappa shape index (κ1) is 20.0. The quantitative estimate of drug-likeness (QED) is 0.769. The molecule has 3 N–H and O–H groups in total. The molecule has 0 aliphatic heterocycles. The summed E-state index contributed by atoms with van der Waals surface area (Å²) in [7, 11) is 3.68. The molecule has 1 aromatic heterocycles. The van der Waals surface area contributed by atoms with Gasteiger partial charge in [-0.05, 0) is 24.5 Å². The molecule has 0 aliphatic carbocycles. The highest BCUT2D eigenvalue weighted by molar-refractivity contribution is 7.99. The van der Waals surface area contributed by atoms with Gasteiger partial charge in [0.25, 0.3) is 0 Å². The van der Waals surface area contributed by atoms with Gasteiger partial charge in [0.1, 0.15) is 5.82 Å². The number of rotatable bonds is 7. The van der Waals surface area contributed by atoms with E-state index in [1.807, 2.05) is 45.3 Å². The van der Waals surface area contributed by atoms with E-state index in [0.29, 0.717) is 23.4 Å². The molecule has 0 fully saturated rings. The smallest absolute Gasteiger partial charge is 0.237 e. The predicted octanol–water partition coefficient (Wildman–Crippen LogP) is 2.90. The van der Waals surface area contributed by atoms with Crippen LogP contribution in [0.15, 0.2) is 24.3 Å². The second-order valence-electron chi connectivity index (χ2n) is 6.49. The van der Waals surface area contributed by atoms with Crippen molar-refractivity contribution in [1.29, 1.82) is 0 Å². The first-order chi connectivity index (χ1) is 12.3. The van der Waals surface area contributed by atoms with Gasteiger partial charge in [-0.1, -0.05) is 32.0 Å². The first-order valence-electron chi connectivity index (χ1n) is 8.47. The third-order valence-electron chi connectivity index (χ3n) is 3.76. The number of carbonyl (C=O) groups is 1. The lowest BCUT2D eigenvalue weighted by Crippen LogP contribution is -2.23. The number of carbonyl (C=O) groups excluding carboxylic acids is 1. The Morgan fingerprint density at radius 2 is 1.88 bits per heavy atom. The zero-order valence-corrected chi connectivity index (χ0v) is 16.7. The molecule has 0 radical (unpaired) electrons. The molecule has 2 aromatic rings. The second kappa shape index (κ2) is 8.84. The molecular formula is C18H26N6OS. The number of aromatic nitrogens is 3. The second-order valence-corrected chi connectivity index (χ2v) is 7.82. The summed E-state index contributed by atoms with van der Waals surface area (Å²) in [5.74, 6) is 2.03. The highest BCUT2D eigenvalue weighted by Crippen LogP contribution is 2.25. The van der Waals surface area contributed by atoms with Gasteiger partial charge in [0.15, 0.2) is 0 Å². The number of hydrogen-bond acceptors (Lipinski definition) is 7. The Morgan fingerprint density at radius 3 is 2.54 bits per heavy atom. The zero-order valence-electron chi connectivity index (χ0n) is 15.9. The van der Waals surface area contributed by atoms with Crippen molar-refractivity contribution in [3.63, 3.8) is 0 Å². The zero-order chi connectivity index (χ0) is 19.3. The van der Waals surface area contributed by atoms with E-state index >= 15 is 0 Å². The van der Waals surface area contributed by atoms with Crippen molar-refractivity contribution >= 4 is 35.3 Å². The van der Waals surface area contributed by atoms with Crippen LogP contribution in [0.2, 0.25) is 0 Å². The molecule has 26 heavy (non-hydrogen) atoms. The van der Waals surface area contributed by atoms with Crippen LogP contribution in [-0.2, 0) is 10.5 Å². The maximum absolute atomic E-state index is 12.5. The maximum atomic E-state index is 12.5. The third-order valence-corrected chi connectivity index (χ3v) is 4.90. The average molecular weight is 375 g/mol. The molecule has 1 unspecified atom stereocenters. The average Bonchev–Trinajstić information content (AvgIpc) is 2.59. The summed E-state index contributed by atoms with van der Waals surface area (Å²) >= 11 is 1.46. The lowest BCUT2D eigenvalue weighted by atomic mass is 10.0. The van der Waals surface area contributed by atoms with Crippen LogP contribution in [0, 0.1) is 0 Å². The Hall–Kier alpha value is -2.35. The van der Waals surface area contributed by atoms with Gasteiger partial charge >= 0.3 is 0 Å². The van der Waals surface area contributed by atoms with Gasteiger partial charge in [0, 0.05) is 19.8 Å². The van der Waals surface area contributed by atoms with E-state index in [2.05, 4.69) is 34.1 Å². The monoisotopic (exact) mass is 374 g/mol. The van der Waals surface area contributed by atoms with Gasteiger partial charge in [-0.25, -0.2) is 0 Å². The fourth-order valence-corrected chi connectivity index (χ4v) is 3.05. The Labute approximate surface area is 158 Å². The summed E-state index contributed by atoms with van der Waals surface area (Å²) < 4.78 is 0. The Bertz CT molecular complexity index is 765. The van der Waals surface area contributed by atoms with Gasteiger partial charge in [-0.3, -0.25) is 4.79 Å². The van der Waals surface area contributed by atoms with Crippen LogP contribution < -0.4 is 16.0 Å². The molecule has 2 rings (SSSR count). The Balaban J connectivity index is 2.00. The van der Waals surface area contributed by atoms with E-state index < -0.39 is 0 Å². The van der Waals surface area contributed by atoms with E-state index in [9.17, 15) is 4.79 Å². The summed E-state index contributed by atoms with van der Waals surface area (Å²) in [4.78, 5) is 26.9. The van der Waals surface area contributed by atoms with E-state index in [1.54, 1.807) is 4.90 Å². The largest absolute Gasteiger partial charge is 0.368 e. The highest BCUT2D eigenvalue weighted by Gasteiger charge is 2.17. The molecule has 140 valence electrons. The summed E-state index contributed by atoms with van der Waals surface area (Å²) in [6.07, 6.45) is 0. The summed E-state index contributed by atoms with van der Waals surface area (Å²) in [5.41, 5.74) is 7.72. The number of thioether (sulfide) groups is 1. The standard InChI is InChI=1S/C18H26N6OS/c1-11(2)13-8-6-7-9-14(13)20-16(25)12(3)26-10-15-21-17(19)23-18(22-15)24(4)5/h6-9,11-12H,10H2,1-5H3,(H,20,25)(H2,19,21,22,23). The Morgan fingerprint density at radius 1 is 1.19 bits per heavy atom. The normalized spacial score (nSPS) is 12.1. The first-order valence-corrected chi connectivity index (χ1v) is 9.52. The maximum Gasteiger partial charge on any atom is 0.237 e. The minimum absolute atomic E-state index is 0.0436. The van der Waals surface area contributed by atoms with Crippen LogP contribution in [0.25, 0.3) is 0 Å². The highest BCUT2D eigenvalue weighted by atomic mass is 32.2. The minimum atomic E-state index is -0.254. The van der Waals surface area contributed by atoms with Crippen molar-refractivity contribution in [2.24, 2.45) is 0 Å². The third kappa shape index (κ3) is 5.32. The van der Waals surface area contributed by atoms with Gasteiger partial charge < -0.3 is 16.0 Å². The summed E-state index contributed by atoms with van der Waals surface area (Å²) in [5, 5.41) is 2.77. The summed E-state index contributed by atoms with van der Waals surface area (Å²) in [6.45, 7) is 6.09. The van der Waals surface area contributed by atoms with Crippen molar-refractivity contribution in [2.75, 3.05) is 30.0 Å². The van der Waals surface area contributed by atoms with Crippen LogP contribution in [0.1, 0.15) is 38.1 Å². The van der Waals surface area contributed by atoms with E-state index in [4.69, 9.17) is 5.73 Å². The van der Waals surface area contributed by atoms with Gasteiger partial charge in [0.05, 0.1) is 11.0 Å².